The minimum absolute atomic E-state index is 0.141. The summed E-state index contributed by atoms with van der Waals surface area (Å²) in [6, 6.07) is 3.44. The zero-order chi connectivity index (χ0) is 29.7. The number of amides is 2. The minimum Gasteiger partial charge on any atom is -0.504 e. The van der Waals surface area contributed by atoms with E-state index in [1.807, 2.05) is 0 Å². The largest absolute Gasteiger partial charge is 0.504 e. The van der Waals surface area contributed by atoms with Gasteiger partial charge in [0.25, 0.3) is 11.8 Å². The van der Waals surface area contributed by atoms with Crippen molar-refractivity contribution in [2.75, 3.05) is 32.6 Å². The molecule has 2 amide bonds. The number of aliphatic carboxylic acids is 2. The Morgan fingerprint density at radius 3 is 2.03 bits per heavy atom. The zero-order valence-corrected chi connectivity index (χ0v) is 23.4. The Bertz CT molecular complexity index is 1150. The Morgan fingerprint density at radius 2 is 1.54 bits per heavy atom. The van der Waals surface area contributed by atoms with Crippen LogP contribution < -0.4 is 20.1 Å². The number of thiazole rings is 1. The molecule has 0 spiro atoms. The second-order valence-electron chi connectivity index (χ2n) is 8.41. The molecular formula is C25H34N4O9S. The molecule has 0 fully saturated rings. The van der Waals surface area contributed by atoms with Gasteiger partial charge in [0, 0.05) is 54.8 Å². The van der Waals surface area contributed by atoms with Gasteiger partial charge in [-0.1, -0.05) is 0 Å². The SMILES string of the molecule is COc1cc(C(=O)Nc2nc(C(=O)NCCN(C(C)C)C(C)C)cs2)c(OC)cc1O.O=C(O)C=CC(=O)O. The van der Waals surface area contributed by atoms with Crippen molar-refractivity contribution in [2.24, 2.45) is 0 Å². The summed E-state index contributed by atoms with van der Waals surface area (Å²) in [5, 5.41) is 32.8. The molecule has 1 aromatic carbocycles. The number of carboxylic acid groups (broad SMARTS) is 2. The standard InChI is InChI=1S/C21H30N4O5S.C4H4O4/c1-12(2)25(13(3)4)8-7-22-20(28)15-11-31-21(23-15)24-19(27)14-9-18(30-6)16(26)10-17(14)29-5;5-3(6)1-2-4(7)8/h9-13,26H,7-8H2,1-6H3,(H,22,28)(H,23,24,27);1-2H,(H,5,6)(H,7,8). The van der Waals surface area contributed by atoms with Crippen molar-refractivity contribution in [3.05, 3.63) is 40.9 Å². The van der Waals surface area contributed by atoms with Gasteiger partial charge in [-0.2, -0.15) is 0 Å². The lowest BCUT2D eigenvalue weighted by Crippen LogP contribution is -2.42. The second kappa shape index (κ2) is 15.9. The molecular weight excluding hydrogens is 532 g/mol. The third-order valence-corrected chi connectivity index (χ3v) is 5.81. The van der Waals surface area contributed by atoms with Crippen molar-refractivity contribution >= 4 is 40.2 Å². The number of ether oxygens (including phenoxy) is 2. The average Bonchev–Trinajstić information content (AvgIpc) is 3.33. The van der Waals surface area contributed by atoms with E-state index in [4.69, 9.17) is 19.7 Å². The molecule has 0 saturated heterocycles. The topological polar surface area (TPSA) is 188 Å². The van der Waals surface area contributed by atoms with Crippen LogP contribution in [0.15, 0.2) is 29.7 Å². The van der Waals surface area contributed by atoms with Gasteiger partial charge in [0.05, 0.1) is 19.8 Å². The number of aromatic nitrogens is 1. The second-order valence-corrected chi connectivity index (χ2v) is 9.27. The predicted molar refractivity (Wildman–Crippen MR) is 145 cm³/mol. The van der Waals surface area contributed by atoms with E-state index in [1.165, 1.54) is 26.4 Å². The number of methoxy groups -OCH3 is 2. The van der Waals surface area contributed by atoms with Crippen molar-refractivity contribution in [3.63, 3.8) is 0 Å². The van der Waals surface area contributed by atoms with Gasteiger partial charge >= 0.3 is 11.9 Å². The number of carbonyl (C=O) groups is 4. The number of carbonyl (C=O) groups excluding carboxylic acids is 2. The number of hydrogen-bond donors (Lipinski definition) is 5. The highest BCUT2D eigenvalue weighted by Gasteiger charge is 2.19. The predicted octanol–water partition coefficient (Wildman–Crippen LogP) is 2.68. The van der Waals surface area contributed by atoms with E-state index in [0.717, 1.165) is 17.9 Å². The van der Waals surface area contributed by atoms with Gasteiger partial charge in [0.2, 0.25) is 0 Å². The zero-order valence-electron chi connectivity index (χ0n) is 22.5. The van der Waals surface area contributed by atoms with Crippen LogP contribution in [0.2, 0.25) is 0 Å². The van der Waals surface area contributed by atoms with E-state index in [0.29, 0.717) is 30.8 Å². The van der Waals surface area contributed by atoms with E-state index in [1.54, 1.807) is 5.38 Å². The molecule has 14 heteroatoms. The first kappa shape index (κ1) is 32.9. The Morgan fingerprint density at radius 1 is 0.974 bits per heavy atom. The number of anilines is 1. The van der Waals surface area contributed by atoms with Gasteiger partial charge in [-0.3, -0.25) is 19.8 Å². The molecule has 214 valence electrons. The molecule has 0 aliphatic rings. The lowest BCUT2D eigenvalue weighted by molar-refractivity contribution is -0.134. The lowest BCUT2D eigenvalue weighted by atomic mass is 10.1. The molecule has 0 atom stereocenters. The number of nitrogens with one attached hydrogen (secondary N) is 2. The van der Waals surface area contributed by atoms with Gasteiger partial charge in [-0.05, 0) is 27.7 Å². The highest BCUT2D eigenvalue weighted by atomic mass is 32.1. The molecule has 1 heterocycles. The summed E-state index contributed by atoms with van der Waals surface area (Å²) < 4.78 is 10.2. The first-order valence-electron chi connectivity index (χ1n) is 11.7. The maximum absolute atomic E-state index is 12.7. The Kier molecular flexibility index (Phi) is 13.4. The summed E-state index contributed by atoms with van der Waals surface area (Å²) in [6.07, 6.45) is 1.12. The van der Waals surface area contributed by atoms with Gasteiger partial charge < -0.3 is 30.1 Å². The van der Waals surface area contributed by atoms with Crippen LogP contribution in [-0.2, 0) is 9.59 Å². The fraction of sp³-hybridized carbons (Fsp3) is 0.400. The van der Waals surface area contributed by atoms with E-state index in [2.05, 4.69) is 48.2 Å². The number of carboxylic acids is 2. The maximum Gasteiger partial charge on any atom is 0.328 e. The summed E-state index contributed by atoms with van der Waals surface area (Å²) in [7, 11) is 2.78. The first-order valence-corrected chi connectivity index (χ1v) is 12.6. The van der Waals surface area contributed by atoms with Crippen LogP contribution in [0, 0.1) is 0 Å². The molecule has 0 unspecified atom stereocenters. The van der Waals surface area contributed by atoms with Crippen molar-refractivity contribution in [1.82, 2.24) is 15.2 Å². The van der Waals surface area contributed by atoms with Crippen LogP contribution >= 0.6 is 11.3 Å². The average molecular weight is 567 g/mol. The smallest absolute Gasteiger partial charge is 0.328 e. The first-order chi connectivity index (χ1) is 18.3. The molecule has 13 nitrogen and oxygen atoms in total. The highest BCUT2D eigenvalue weighted by Crippen LogP contribution is 2.34. The Labute approximate surface area is 230 Å². The normalized spacial score (nSPS) is 10.8. The molecule has 2 rings (SSSR count). The molecule has 2 aromatic rings. The van der Waals surface area contributed by atoms with Crippen LogP contribution in [0.25, 0.3) is 0 Å². The van der Waals surface area contributed by atoms with Crippen molar-refractivity contribution in [1.29, 1.82) is 0 Å². The van der Waals surface area contributed by atoms with Crippen LogP contribution in [0.1, 0.15) is 48.5 Å². The van der Waals surface area contributed by atoms with Crippen LogP contribution in [0.5, 0.6) is 17.2 Å². The van der Waals surface area contributed by atoms with E-state index >= 15 is 0 Å². The minimum atomic E-state index is -1.26. The summed E-state index contributed by atoms with van der Waals surface area (Å²) in [4.78, 5) is 50.6. The van der Waals surface area contributed by atoms with Gasteiger partial charge in [0.1, 0.15) is 11.4 Å². The number of hydrogen-bond acceptors (Lipinski definition) is 10. The van der Waals surface area contributed by atoms with Gasteiger partial charge in [-0.15, -0.1) is 11.3 Å². The summed E-state index contributed by atoms with van der Waals surface area (Å²) in [6.45, 7) is 9.72. The molecule has 0 radical (unpaired) electrons. The number of benzene rings is 1. The molecule has 0 saturated carbocycles. The summed E-state index contributed by atoms with van der Waals surface area (Å²) in [5.74, 6) is -3.13. The fourth-order valence-corrected chi connectivity index (χ4v) is 3.99. The molecule has 1 aromatic heterocycles. The van der Waals surface area contributed by atoms with E-state index < -0.39 is 17.8 Å². The van der Waals surface area contributed by atoms with Crippen LogP contribution in [-0.4, -0.2) is 88.3 Å². The lowest BCUT2D eigenvalue weighted by Gasteiger charge is -2.30. The quantitative estimate of drug-likeness (QED) is 0.238. The molecule has 0 aliphatic carbocycles. The van der Waals surface area contributed by atoms with Crippen molar-refractivity contribution < 1.29 is 44.0 Å². The number of phenolic OH excluding ortho intramolecular Hbond substituents is 1. The third kappa shape index (κ3) is 11.0. The highest BCUT2D eigenvalue weighted by molar-refractivity contribution is 7.14. The van der Waals surface area contributed by atoms with Crippen LogP contribution in [0.3, 0.4) is 0 Å². The molecule has 0 aliphatic heterocycles. The fourth-order valence-electron chi connectivity index (χ4n) is 3.30. The summed E-state index contributed by atoms with van der Waals surface area (Å²) in [5.41, 5.74) is 0.400. The monoisotopic (exact) mass is 566 g/mol. The van der Waals surface area contributed by atoms with E-state index in [9.17, 15) is 24.3 Å². The number of phenols is 1. The van der Waals surface area contributed by atoms with Crippen LogP contribution in [0.4, 0.5) is 5.13 Å². The third-order valence-electron chi connectivity index (χ3n) is 5.05. The molecule has 0 bridgehead atoms. The summed E-state index contributed by atoms with van der Waals surface area (Å²) >= 11 is 1.14. The number of rotatable bonds is 12. The molecule has 39 heavy (non-hydrogen) atoms. The number of aromatic hydroxyl groups is 1. The van der Waals surface area contributed by atoms with Crippen molar-refractivity contribution in [2.45, 2.75) is 39.8 Å². The molecule has 5 N–H and O–H groups in total. The van der Waals surface area contributed by atoms with E-state index in [-0.39, 0.29) is 39.5 Å². The van der Waals surface area contributed by atoms with Gasteiger partial charge in [0.15, 0.2) is 16.6 Å². The maximum atomic E-state index is 12.7. The Balaban J connectivity index is 0.000000824. The number of nitrogens with zero attached hydrogens (tertiary/aromatic N) is 2. The van der Waals surface area contributed by atoms with Gasteiger partial charge in [-0.25, -0.2) is 14.6 Å². The van der Waals surface area contributed by atoms with Crippen molar-refractivity contribution in [3.8, 4) is 17.2 Å². The Hall–Kier alpha value is -4.17.